The van der Waals surface area contributed by atoms with Crippen molar-refractivity contribution in [1.82, 2.24) is 9.97 Å². The lowest BCUT2D eigenvalue weighted by Crippen LogP contribution is -2.22. The molecule has 4 nitrogen and oxygen atoms in total. The topological polar surface area (TPSA) is 42.2 Å². The van der Waals surface area contributed by atoms with Gasteiger partial charge in [-0.25, -0.2) is 4.98 Å². The first kappa shape index (κ1) is 14.3. The van der Waals surface area contributed by atoms with Crippen molar-refractivity contribution in [3.05, 3.63) is 65.1 Å². The van der Waals surface area contributed by atoms with Gasteiger partial charge in [0.1, 0.15) is 17.1 Å². The van der Waals surface area contributed by atoms with Gasteiger partial charge < -0.3 is 9.32 Å². The molecule has 4 rings (SSSR count). The van der Waals surface area contributed by atoms with Crippen molar-refractivity contribution in [2.75, 3.05) is 11.4 Å². The van der Waals surface area contributed by atoms with Crippen LogP contribution >= 0.6 is 11.6 Å². The molecule has 1 aliphatic rings. The minimum Gasteiger partial charge on any atom is -0.440 e. The highest BCUT2D eigenvalue weighted by molar-refractivity contribution is 6.30. The molecule has 0 atom stereocenters. The lowest BCUT2D eigenvalue weighted by atomic mass is 10.2. The first-order chi connectivity index (χ1) is 11.3. The molecule has 5 heteroatoms. The molecule has 0 saturated heterocycles. The van der Waals surface area contributed by atoms with Gasteiger partial charge in [-0.1, -0.05) is 23.7 Å². The van der Waals surface area contributed by atoms with E-state index in [1.165, 1.54) is 0 Å². The van der Waals surface area contributed by atoms with Crippen molar-refractivity contribution in [3.63, 3.8) is 0 Å². The Morgan fingerprint density at radius 1 is 1.13 bits per heavy atom. The fraction of sp³-hybridized carbons (Fsp3) is 0.222. The second-order valence-corrected chi connectivity index (χ2v) is 6.05. The summed E-state index contributed by atoms with van der Waals surface area (Å²) in [6.45, 7) is 1.69. The van der Waals surface area contributed by atoms with E-state index in [9.17, 15) is 0 Å². The first-order valence-electron chi connectivity index (χ1n) is 7.70. The fourth-order valence-corrected chi connectivity index (χ4v) is 3.07. The van der Waals surface area contributed by atoms with Crippen LogP contribution in [0.15, 0.2) is 53.1 Å². The molecule has 0 fully saturated rings. The summed E-state index contributed by atoms with van der Waals surface area (Å²) < 4.78 is 5.95. The molecule has 0 N–H and O–H groups in total. The van der Waals surface area contributed by atoms with Crippen LogP contribution in [0.1, 0.15) is 17.9 Å². The predicted octanol–water partition coefficient (Wildman–Crippen LogP) is 4.34. The number of benzene rings is 1. The van der Waals surface area contributed by atoms with E-state index >= 15 is 0 Å². The average molecular weight is 326 g/mol. The third kappa shape index (κ3) is 2.94. The number of halogens is 1. The quantitative estimate of drug-likeness (QED) is 0.702. The summed E-state index contributed by atoms with van der Waals surface area (Å²) in [5, 5.41) is 0.751. The standard InChI is InChI=1S/C18H16ClN3O/c19-13-5-3-6-14(11-13)22-10-4-8-17-16(12-22)21-18(23-17)15-7-1-2-9-20-15/h1-3,5-7,9,11H,4,8,10,12H2. The average Bonchev–Trinajstić information content (AvgIpc) is 2.87. The van der Waals surface area contributed by atoms with Gasteiger partial charge in [-0.15, -0.1) is 0 Å². The SMILES string of the molecule is Clc1cccc(N2CCCc3oc(-c4ccccn4)nc3C2)c1. The van der Waals surface area contributed by atoms with Crippen LogP contribution in [0, 0.1) is 0 Å². The molecule has 116 valence electrons. The number of aromatic nitrogens is 2. The second-order valence-electron chi connectivity index (χ2n) is 5.61. The molecule has 0 radical (unpaired) electrons. The molecule has 0 bridgehead atoms. The summed E-state index contributed by atoms with van der Waals surface area (Å²) in [6.07, 6.45) is 3.67. The lowest BCUT2D eigenvalue weighted by Gasteiger charge is -2.22. The van der Waals surface area contributed by atoms with Gasteiger partial charge in [-0.2, -0.15) is 0 Å². The summed E-state index contributed by atoms with van der Waals surface area (Å²) in [4.78, 5) is 11.3. The van der Waals surface area contributed by atoms with E-state index in [-0.39, 0.29) is 0 Å². The molecule has 0 amide bonds. The fourth-order valence-electron chi connectivity index (χ4n) is 2.88. The summed E-state index contributed by atoms with van der Waals surface area (Å²) in [6, 6.07) is 13.7. The molecule has 1 aliphatic heterocycles. The number of rotatable bonds is 2. The van der Waals surface area contributed by atoms with Crippen molar-refractivity contribution < 1.29 is 4.42 Å². The van der Waals surface area contributed by atoms with Gasteiger partial charge in [0, 0.05) is 29.9 Å². The van der Waals surface area contributed by atoms with Gasteiger partial charge in [0.05, 0.1) is 6.54 Å². The molecular formula is C18H16ClN3O. The van der Waals surface area contributed by atoms with Crippen molar-refractivity contribution >= 4 is 17.3 Å². The van der Waals surface area contributed by atoms with E-state index < -0.39 is 0 Å². The molecule has 2 aromatic heterocycles. The molecule has 0 aliphatic carbocycles. The maximum atomic E-state index is 6.12. The summed E-state index contributed by atoms with van der Waals surface area (Å²) >= 11 is 6.12. The largest absolute Gasteiger partial charge is 0.440 e. The third-order valence-corrected chi connectivity index (χ3v) is 4.24. The summed E-state index contributed by atoms with van der Waals surface area (Å²) in [5.41, 5.74) is 2.88. The van der Waals surface area contributed by atoms with Crippen LogP contribution in [0.4, 0.5) is 5.69 Å². The highest BCUT2D eigenvalue weighted by Gasteiger charge is 2.21. The number of aryl methyl sites for hydroxylation is 1. The predicted molar refractivity (Wildman–Crippen MR) is 90.6 cm³/mol. The molecular weight excluding hydrogens is 310 g/mol. The molecule has 0 spiro atoms. The number of fused-ring (bicyclic) bond motifs is 1. The number of hydrogen-bond acceptors (Lipinski definition) is 4. The van der Waals surface area contributed by atoms with Crippen molar-refractivity contribution in [3.8, 4) is 11.6 Å². The van der Waals surface area contributed by atoms with Gasteiger partial charge in [-0.05, 0) is 36.8 Å². The van der Waals surface area contributed by atoms with Gasteiger partial charge in [-0.3, -0.25) is 4.98 Å². The minimum absolute atomic E-state index is 0.601. The Kier molecular flexibility index (Phi) is 3.75. The Labute approximate surface area is 139 Å². The molecule has 0 unspecified atom stereocenters. The maximum Gasteiger partial charge on any atom is 0.245 e. The number of oxazole rings is 1. The van der Waals surface area contributed by atoms with Crippen LogP contribution in [0.3, 0.4) is 0 Å². The number of nitrogens with zero attached hydrogens (tertiary/aromatic N) is 3. The van der Waals surface area contributed by atoms with E-state index in [4.69, 9.17) is 16.0 Å². The van der Waals surface area contributed by atoms with Crippen LogP contribution in [-0.2, 0) is 13.0 Å². The van der Waals surface area contributed by atoms with Crippen LogP contribution in [-0.4, -0.2) is 16.5 Å². The molecule has 3 heterocycles. The van der Waals surface area contributed by atoms with Crippen LogP contribution in [0.5, 0.6) is 0 Å². The van der Waals surface area contributed by atoms with Crippen LogP contribution in [0.2, 0.25) is 5.02 Å². The Hall–Kier alpha value is -2.33. The van der Waals surface area contributed by atoms with Crippen LogP contribution < -0.4 is 4.90 Å². The number of pyridine rings is 1. The van der Waals surface area contributed by atoms with E-state index in [0.29, 0.717) is 5.89 Å². The zero-order valence-corrected chi connectivity index (χ0v) is 13.3. The summed E-state index contributed by atoms with van der Waals surface area (Å²) in [5.74, 6) is 1.57. The zero-order chi connectivity index (χ0) is 15.6. The van der Waals surface area contributed by atoms with Gasteiger partial charge in [0.15, 0.2) is 0 Å². The van der Waals surface area contributed by atoms with Crippen molar-refractivity contribution in [2.45, 2.75) is 19.4 Å². The van der Waals surface area contributed by atoms with Gasteiger partial charge in [0.2, 0.25) is 5.89 Å². The van der Waals surface area contributed by atoms with Crippen LogP contribution in [0.25, 0.3) is 11.6 Å². The van der Waals surface area contributed by atoms with Crippen molar-refractivity contribution in [2.24, 2.45) is 0 Å². The molecule has 1 aromatic carbocycles. The molecule has 23 heavy (non-hydrogen) atoms. The highest BCUT2D eigenvalue weighted by Crippen LogP contribution is 2.28. The Bertz CT molecular complexity index is 816. The zero-order valence-electron chi connectivity index (χ0n) is 12.6. The highest BCUT2D eigenvalue weighted by atomic mass is 35.5. The van der Waals surface area contributed by atoms with E-state index in [0.717, 1.165) is 53.8 Å². The minimum atomic E-state index is 0.601. The Morgan fingerprint density at radius 2 is 2.09 bits per heavy atom. The molecule has 3 aromatic rings. The maximum absolute atomic E-state index is 6.12. The first-order valence-corrected chi connectivity index (χ1v) is 8.08. The third-order valence-electron chi connectivity index (χ3n) is 4.01. The van der Waals surface area contributed by atoms with E-state index in [1.54, 1.807) is 6.20 Å². The van der Waals surface area contributed by atoms with Gasteiger partial charge in [0.25, 0.3) is 0 Å². The number of hydrogen-bond donors (Lipinski definition) is 0. The lowest BCUT2D eigenvalue weighted by molar-refractivity contribution is 0.511. The summed E-state index contributed by atoms with van der Waals surface area (Å²) in [7, 11) is 0. The normalized spacial score (nSPS) is 14.4. The smallest absolute Gasteiger partial charge is 0.245 e. The van der Waals surface area contributed by atoms with Crippen molar-refractivity contribution in [1.29, 1.82) is 0 Å². The molecule has 0 saturated carbocycles. The van der Waals surface area contributed by atoms with Gasteiger partial charge >= 0.3 is 0 Å². The Balaban J connectivity index is 1.65. The van der Waals surface area contributed by atoms with E-state index in [1.807, 2.05) is 36.4 Å². The second kappa shape index (κ2) is 6.05. The number of anilines is 1. The van der Waals surface area contributed by atoms with E-state index in [2.05, 4.69) is 20.9 Å². The monoisotopic (exact) mass is 325 g/mol. The Morgan fingerprint density at radius 3 is 2.91 bits per heavy atom.